The van der Waals surface area contributed by atoms with Crippen LogP contribution in [0.25, 0.3) is 0 Å². The van der Waals surface area contributed by atoms with Crippen LogP contribution >= 0.6 is 11.8 Å². The molecule has 1 rings (SSSR count). The largest absolute Gasteiger partial charge is 0.494 e. The molecule has 0 fully saturated rings. The topological polar surface area (TPSA) is 62.1 Å². The first-order chi connectivity index (χ1) is 9.26. The summed E-state index contributed by atoms with van der Waals surface area (Å²) >= 11 is 1.54. The fourth-order valence-electron chi connectivity index (χ4n) is 1.42. The number of benzene rings is 1. The Labute approximate surface area is 118 Å². The van der Waals surface area contributed by atoms with Crippen molar-refractivity contribution in [2.45, 2.75) is 19.8 Å². The molecule has 4 nitrogen and oxygen atoms in total. The number of ether oxygens (including phenoxy) is 1. The maximum Gasteiger partial charge on any atom is 0.234 e. The Morgan fingerprint density at radius 3 is 2.79 bits per heavy atom. The van der Waals surface area contributed by atoms with E-state index in [1.807, 2.05) is 31.2 Å². The smallest absolute Gasteiger partial charge is 0.234 e. The van der Waals surface area contributed by atoms with Gasteiger partial charge in [-0.25, -0.2) is 0 Å². The number of rotatable bonds is 8. The van der Waals surface area contributed by atoms with E-state index < -0.39 is 0 Å². The van der Waals surface area contributed by atoms with Crippen LogP contribution in [0, 0.1) is 11.3 Å². The summed E-state index contributed by atoms with van der Waals surface area (Å²) in [7, 11) is 0. The summed E-state index contributed by atoms with van der Waals surface area (Å²) in [6.45, 7) is 2.56. The van der Waals surface area contributed by atoms with Gasteiger partial charge in [-0.1, -0.05) is 0 Å². The molecular weight excluding hydrogens is 260 g/mol. The quantitative estimate of drug-likeness (QED) is 0.742. The predicted octanol–water partition coefficient (Wildman–Crippen LogP) is 3.06. The number of carbonyl (C=O) groups is 1. The fraction of sp³-hybridized carbons (Fsp3) is 0.429. The SMILES string of the molecule is CCOc1ccc(NC(=O)CSCCCC#N)cc1. The van der Waals surface area contributed by atoms with Crippen LogP contribution in [0.2, 0.25) is 0 Å². The molecule has 0 aliphatic heterocycles. The summed E-state index contributed by atoms with van der Waals surface area (Å²) in [5, 5.41) is 11.2. The Morgan fingerprint density at radius 2 is 2.16 bits per heavy atom. The van der Waals surface area contributed by atoms with Crippen LogP contribution in [-0.4, -0.2) is 24.0 Å². The highest BCUT2D eigenvalue weighted by Gasteiger charge is 2.02. The first-order valence-electron chi connectivity index (χ1n) is 6.23. The molecule has 102 valence electrons. The third-order valence-electron chi connectivity index (χ3n) is 2.26. The second kappa shape index (κ2) is 9.29. The maximum absolute atomic E-state index is 11.6. The first-order valence-corrected chi connectivity index (χ1v) is 7.39. The lowest BCUT2D eigenvalue weighted by Crippen LogP contribution is -2.14. The predicted molar refractivity (Wildman–Crippen MR) is 78.4 cm³/mol. The molecule has 5 heteroatoms. The maximum atomic E-state index is 11.6. The molecule has 0 saturated carbocycles. The molecule has 0 unspecified atom stereocenters. The molecule has 0 aromatic heterocycles. The number of nitrogens with zero attached hydrogens (tertiary/aromatic N) is 1. The van der Waals surface area contributed by atoms with Gasteiger partial charge in [0.15, 0.2) is 0 Å². The molecule has 1 N–H and O–H groups in total. The van der Waals surface area contributed by atoms with Crippen LogP contribution in [0.5, 0.6) is 5.75 Å². The molecule has 0 aliphatic carbocycles. The monoisotopic (exact) mass is 278 g/mol. The molecule has 19 heavy (non-hydrogen) atoms. The molecule has 1 amide bonds. The minimum absolute atomic E-state index is 0.0221. The van der Waals surface area contributed by atoms with Crippen LogP contribution < -0.4 is 10.1 Å². The van der Waals surface area contributed by atoms with Crippen molar-refractivity contribution in [1.29, 1.82) is 5.26 Å². The molecule has 1 aromatic carbocycles. The van der Waals surface area contributed by atoms with Gasteiger partial charge in [-0.2, -0.15) is 17.0 Å². The van der Waals surface area contributed by atoms with Crippen molar-refractivity contribution in [2.24, 2.45) is 0 Å². The number of thioether (sulfide) groups is 1. The van der Waals surface area contributed by atoms with Crippen molar-refractivity contribution >= 4 is 23.4 Å². The summed E-state index contributed by atoms with van der Waals surface area (Å²) in [5.41, 5.74) is 0.770. The van der Waals surface area contributed by atoms with Crippen molar-refractivity contribution in [2.75, 3.05) is 23.4 Å². The first kappa shape index (κ1) is 15.4. The van der Waals surface area contributed by atoms with Crippen LogP contribution in [0.15, 0.2) is 24.3 Å². The molecule has 0 radical (unpaired) electrons. The summed E-state index contributed by atoms with van der Waals surface area (Å²) in [6.07, 6.45) is 1.38. The van der Waals surface area contributed by atoms with E-state index in [4.69, 9.17) is 10.00 Å². The summed E-state index contributed by atoms with van der Waals surface area (Å²) in [4.78, 5) is 11.6. The van der Waals surface area contributed by atoms with Gasteiger partial charge in [-0.3, -0.25) is 4.79 Å². The fourth-order valence-corrected chi connectivity index (χ4v) is 2.17. The van der Waals surface area contributed by atoms with Crippen molar-refractivity contribution in [3.63, 3.8) is 0 Å². The number of hydrogen-bond acceptors (Lipinski definition) is 4. The number of amides is 1. The average Bonchev–Trinajstić information content (AvgIpc) is 2.41. The highest BCUT2D eigenvalue weighted by atomic mass is 32.2. The Morgan fingerprint density at radius 1 is 1.42 bits per heavy atom. The molecule has 1 aromatic rings. The van der Waals surface area contributed by atoms with Gasteiger partial charge >= 0.3 is 0 Å². The lowest BCUT2D eigenvalue weighted by Gasteiger charge is -2.06. The molecule has 0 atom stereocenters. The van der Waals surface area contributed by atoms with E-state index in [9.17, 15) is 4.79 Å². The Balaban J connectivity index is 2.26. The lowest BCUT2D eigenvalue weighted by molar-refractivity contribution is -0.113. The molecule has 0 heterocycles. The Bertz CT molecular complexity index is 426. The lowest BCUT2D eigenvalue weighted by atomic mass is 10.3. The number of hydrogen-bond donors (Lipinski definition) is 1. The van der Waals surface area contributed by atoms with Crippen LogP contribution in [0.3, 0.4) is 0 Å². The highest BCUT2D eigenvalue weighted by molar-refractivity contribution is 7.99. The van der Waals surface area contributed by atoms with Gasteiger partial charge in [-0.05, 0) is 43.4 Å². The van der Waals surface area contributed by atoms with Crippen LogP contribution in [0.4, 0.5) is 5.69 Å². The second-order valence-electron chi connectivity index (χ2n) is 3.82. The number of nitrogens with one attached hydrogen (secondary N) is 1. The minimum Gasteiger partial charge on any atom is -0.494 e. The normalized spacial score (nSPS) is 9.68. The summed E-state index contributed by atoms with van der Waals surface area (Å²) in [6, 6.07) is 9.40. The van der Waals surface area contributed by atoms with Gasteiger partial charge in [0.2, 0.25) is 5.91 Å². The zero-order valence-electron chi connectivity index (χ0n) is 11.0. The summed E-state index contributed by atoms with van der Waals surface area (Å²) < 4.78 is 5.33. The van der Waals surface area contributed by atoms with Gasteiger partial charge < -0.3 is 10.1 Å². The van der Waals surface area contributed by atoms with Gasteiger partial charge in [0.25, 0.3) is 0 Å². The molecule has 0 aliphatic rings. The zero-order chi connectivity index (χ0) is 13.9. The van der Waals surface area contributed by atoms with Gasteiger partial charge in [0.05, 0.1) is 18.4 Å². The molecule has 0 bridgehead atoms. The van der Waals surface area contributed by atoms with Gasteiger partial charge in [-0.15, -0.1) is 0 Å². The Kier molecular flexibility index (Phi) is 7.52. The second-order valence-corrected chi connectivity index (χ2v) is 4.92. The number of nitriles is 1. The number of anilines is 1. The van der Waals surface area contributed by atoms with Crippen molar-refractivity contribution in [3.05, 3.63) is 24.3 Å². The van der Waals surface area contributed by atoms with E-state index in [1.165, 1.54) is 0 Å². The molecular formula is C14H18N2O2S. The van der Waals surface area contributed by atoms with Gasteiger partial charge in [0.1, 0.15) is 5.75 Å². The van der Waals surface area contributed by atoms with Gasteiger partial charge in [0, 0.05) is 12.1 Å². The zero-order valence-corrected chi connectivity index (χ0v) is 11.8. The van der Waals surface area contributed by atoms with Crippen molar-refractivity contribution in [3.8, 4) is 11.8 Å². The highest BCUT2D eigenvalue weighted by Crippen LogP contribution is 2.16. The minimum atomic E-state index is -0.0221. The average molecular weight is 278 g/mol. The third kappa shape index (κ3) is 6.73. The number of unbranched alkanes of at least 4 members (excludes halogenated alkanes) is 1. The molecule has 0 saturated heterocycles. The third-order valence-corrected chi connectivity index (χ3v) is 3.30. The Hall–Kier alpha value is -1.67. The van der Waals surface area contributed by atoms with Crippen molar-refractivity contribution < 1.29 is 9.53 Å². The standard InChI is InChI=1S/C14H18N2O2S/c1-2-18-13-7-5-12(6-8-13)16-14(17)11-19-10-4-3-9-15/h5-8H,2-4,10-11H2,1H3,(H,16,17). The van der Waals surface area contributed by atoms with E-state index in [2.05, 4.69) is 11.4 Å². The van der Waals surface area contributed by atoms with E-state index in [0.29, 0.717) is 18.8 Å². The van der Waals surface area contributed by atoms with E-state index in [-0.39, 0.29) is 5.91 Å². The van der Waals surface area contributed by atoms with Crippen LogP contribution in [-0.2, 0) is 4.79 Å². The number of carbonyl (C=O) groups excluding carboxylic acids is 1. The summed E-state index contributed by atoms with van der Waals surface area (Å²) in [5.74, 6) is 2.03. The van der Waals surface area contributed by atoms with E-state index in [0.717, 1.165) is 23.6 Å². The van der Waals surface area contributed by atoms with Crippen LogP contribution in [0.1, 0.15) is 19.8 Å². The van der Waals surface area contributed by atoms with E-state index >= 15 is 0 Å². The molecule has 0 spiro atoms. The van der Waals surface area contributed by atoms with E-state index in [1.54, 1.807) is 11.8 Å². The van der Waals surface area contributed by atoms with Crippen molar-refractivity contribution in [1.82, 2.24) is 0 Å².